The molecule has 1 nitrogen and oxygen atoms in total. The number of ketones is 1. The minimum Gasteiger partial charge on any atom is -0.294 e. The van der Waals surface area contributed by atoms with Gasteiger partial charge in [0.15, 0.2) is 5.78 Å². The molecule has 17 heavy (non-hydrogen) atoms. The first-order valence-corrected chi connectivity index (χ1v) is 8.88. The Morgan fingerprint density at radius 1 is 0.941 bits per heavy atom. The van der Waals surface area contributed by atoms with Gasteiger partial charge >= 0.3 is 0 Å². The molecule has 0 bridgehead atoms. The molecule has 3 heteroatoms. The van der Waals surface area contributed by atoms with Gasteiger partial charge in [0, 0.05) is 18.3 Å². The summed E-state index contributed by atoms with van der Waals surface area (Å²) in [5.74, 6) is 0.192. The highest BCUT2D eigenvalue weighted by Gasteiger charge is 2.13. The van der Waals surface area contributed by atoms with Crippen LogP contribution >= 0.6 is 22.1 Å². The number of carbonyl (C=O) groups excluding carboxylic acids is 1. The van der Waals surface area contributed by atoms with Crippen LogP contribution in [0.5, 0.6) is 0 Å². The third-order valence-electron chi connectivity index (χ3n) is 2.41. The molecule has 86 valence electrons. The molecule has 0 amide bonds. The molecule has 0 saturated heterocycles. The summed E-state index contributed by atoms with van der Waals surface area (Å²) in [6, 6.07) is 19.5. The smallest absolute Gasteiger partial charge is 0.168 e. The molecule has 0 aliphatic rings. The van der Waals surface area contributed by atoms with Crippen LogP contribution in [-0.4, -0.2) is 11.9 Å². The van der Waals surface area contributed by atoms with Crippen molar-refractivity contribution in [1.29, 1.82) is 0 Å². The van der Waals surface area contributed by atoms with E-state index in [0.717, 1.165) is 5.56 Å². The Morgan fingerprint density at radius 3 is 2.06 bits per heavy atom. The molecule has 0 aliphatic heterocycles. The average molecular weight is 307 g/mol. The quantitative estimate of drug-likeness (QED) is 0.616. The van der Waals surface area contributed by atoms with Crippen LogP contribution in [0.3, 0.4) is 0 Å². The number of benzene rings is 2. The number of hydrogen-bond acceptors (Lipinski definition) is 1. The van der Waals surface area contributed by atoms with Gasteiger partial charge in [-0.3, -0.25) is 4.79 Å². The molecule has 2 aromatic carbocycles. The zero-order valence-electron chi connectivity index (χ0n) is 9.21. The summed E-state index contributed by atoms with van der Waals surface area (Å²) in [6.45, 7) is -0.576. The van der Waals surface area contributed by atoms with E-state index in [-0.39, 0.29) is 5.78 Å². The Bertz CT molecular complexity index is 484. The maximum atomic E-state index is 12.0. The fourth-order valence-corrected chi connectivity index (χ4v) is 4.03. The lowest BCUT2D eigenvalue weighted by Gasteiger charge is -2.09. The normalized spacial score (nSPS) is 12.1. The first-order chi connectivity index (χ1) is 8.27. The predicted molar refractivity (Wildman–Crippen MR) is 77.6 cm³/mol. The molecular weight excluding hydrogens is 295 g/mol. The molecule has 0 N–H and O–H groups in total. The maximum absolute atomic E-state index is 12.0. The second kappa shape index (κ2) is 6.09. The fourth-order valence-electron chi connectivity index (χ4n) is 1.52. The predicted octanol–water partition coefficient (Wildman–Crippen LogP) is 3.99. The van der Waals surface area contributed by atoms with Crippen molar-refractivity contribution in [1.82, 2.24) is 0 Å². The minimum absolute atomic E-state index is 0.192. The first-order valence-electron chi connectivity index (χ1n) is 5.34. The van der Waals surface area contributed by atoms with Crippen LogP contribution in [0.4, 0.5) is 0 Å². The van der Waals surface area contributed by atoms with Gasteiger partial charge in [0.1, 0.15) is 0 Å². The van der Waals surface area contributed by atoms with Crippen molar-refractivity contribution in [3.8, 4) is 0 Å². The lowest BCUT2D eigenvalue weighted by Crippen LogP contribution is -2.07. The molecule has 1 unspecified atom stereocenters. The van der Waals surface area contributed by atoms with Gasteiger partial charge in [-0.05, 0) is 5.30 Å². The highest BCUT2D eigenvalue weighted by atomic mass is 79.9. The average Bonchev–Trinajstić information content (AvgIpc) is 2.40. The highest BCUT2D eigenvalue weighted by molar-refractivity contribution is 9.40. The Balaban J connectivity index is 2.05. The second-order valence-corrected chi connectivity index (χ2v) is 7.77. The molecule has 1 atom stereocenters. The van der Waals surface area contributed by atoms with Crippen LogP contribution < -0.4 is 5.30 Å². The largest absolute Gasteiger partial charge is 0.294 e. The summed E-state index contributed by atoms with van der Waals surface area (Å²) in [4.78, 5) is 12.0. The van der Waals surface area contributed by atoms with E-state index < -0.39 is 6.62 Å². The van der Waals surface area contributed by atoms with Crippen LogP contribution in [0.25, 0.3) is 0 Å². The summed E-state index contributed by atoms with van der Waals surface area (Å²) < 4.78 is 0. The van der Waals surface area contributed by atoms with Crippen LogP contribution in [0, 0.1) is 0 Å². The van der Waals surface area contributed by atoms with Gasteiger partial charge in [-0.25, -0.2) is 0 Å². The van der Waals surface area contributed by atoms with Crippen LogP contribution in [0.15, 0.2) is 60.7 Å². The molecule has 0 aromatic heterocycles. The fraction of sp³-hybridized carbons (Fsp3) is 0.0714. The van der Waals surface area contributed by atoms with E-state index in [4.69, 9.17) is 0 Å². The number of carbonyl (C=O) groups is 1. The molecule has 2 aromatic rings. The Kier molecular flexibility index (Phi) is 4.47. The van der Waals surface area contributed by atoms with Gasteiger partial charge in [-0.1, -0.05) is 76.2 Å². The van der Waals surface area contributed by atoms with Crippen molar-refractivity contribution in [3.05, 3.63) is 66.2 Å². The van der Waals surface area contributed by atoms with E-state index in [2.05, 4.69) is 27.6 Å². The van der Waals surface area contributed by atoms with E-state index >= 15 is 0 Å². The van der Waals surface area contributed by atoms with Gasteiger partial charge in [0.25, 0.3) is 0 Å². The first kappa shape index (κ1) is 12.5. The molecule has 0 spiro atoms. The molecule has 0 aliphatic carbocycles. The topological polar surface area (TPSA) is 17.1 Å². The van der Waals surface area contributed by atoms with Crippen molar-refractivity contribution >= 4 is 33.2 Å². The number of hydrogen-bond donors (Lipinski definition) is 0. The lowest BCUT2D eigenvalue weighted by molar-refractivity contribution is 0.102. The summed E-state index contributed by atoms with van der Waals surface area (Å²) in [6.07, 6.45) is 0.545. The molecule has 0 fully saturated rings. The van der Waals surface area contributed by atoms with Crippen LogP contribution in [0.2, 0.25) is 0 Å². The molecule has 0 saturated carbocycles. The van der Waals surface area contributed by atoms with Crippen molar-refractivity contribution < 1.29 is 4.79 Å². The third kappa shape index (κ3) is 3.49. The standard InChI is InChI=1S/C14H12BrOP/c15-17(13-9-5-2-6-10-13)11-14(16)12-7-3-1-4-8-12/h1-10H,11H2. The number of Topliss-reactive ketones (excluding diaryl/α,β-unsaturated/α-hetero) is 1. The van der Waals surface area contributed by atoms with Crippen LogP contribution in [0.1, 0.15) is 10.4 Å². The van der Waals surface area contributed by atoms with Gasteiger partial charge in [-0.2, -0.15) is 0 Å². The minimum atomic E-state index is -0.576. The third-order valence-corrected chi connectivity index (χ3v) is 5.82. The summed E-state index contributed by atoms with van der Waals surface area (Å²) in [5, 5.41) is 1.20. The maximum Gasteiger partial charge on any atom is 0.168 e. The number of halogens is 1. The molecule has 0 heterocycles. The highest BCUT2D eigenvalue weighted by Crippen LogP contribution is 2.43. The zero-order chi connectivity index (χ0) is 12.1. The molecule has 0 radical (unpaired) electrons. The molecule has 2 rings (SSSR count). The van der Waals surface area contributed by atoms with Gasteiger partial charge < -0.3 is 0 Å². The van der Waals surface area contributed by atoms with E-state index in [0.29, 0.717) is 6.16 Å². The van der Waals surface area contributed by atoms with Gasteiger partial charge in [-0.15, -0.1) is 0 Å². The van der Waals surface area contributed by atoms with Crippen molar-refractivity contribution in [2.24, 2.45) is 0 Å². The van der Waals surface area contributed by atoms with E-state index in [9.17, 15) is 4.79 Å². The monoisotopic (exact) mass is 306 g/mol. The zero-order valence-corrected chi connectivity index (χ0v) is 11.7. The van der Waals surface area contributed by atoms with Gasteiger partial charge in [0.05, 0.1) is 0 Å². The molecular formula is C14H12BrOP. The van der Waals surface area contributed by atoms with Crippen molar-refractivity contribution in [3.63, 3.8) is 0 Å². The van der Waals surface area contributed by atoms with E-state index in [1.807, 2.05) is 48.5 Å². The van der Waals surface area contributed by atoms with Crippen molar-refractivity contribution in [2.45, 2.75) is 0 Å². The SMILES string of the molecule is O=C(CP(Br)c1ccccc1)c1ccccc1. The summed E-state index contributed by atoms with van der Waals surface area (Å²) in [5.41, 5.74) is 0.787. The lowest BCUT2D eigenvalue weighted by atomic mass is 10.2. The van der Waals surface area contributed by atoms with Crippen molar-refractivity contribution in [2.75, 3.05) is 6.16 Å². The van der Waals surface area contributed by atoms with E-state index in [1.165, 1.54) is 5.30 Å². The summed E-state index contributed by atoms with van der Waals surface area (Å²) >= 11 is 3.63. The summed E-state index contributed by atoms with van der Waals surface area (Å²) in [7, 11) is 0. The Morgan fingerprint density at radius 2 is 1.47 bits per heavy atom. The Labute approximate surface area is 110 Å². The van der Waals surface area contributed by atoms with Crippen LogP contribution in [-0.2, 0) is 0 Å². The number of rotatable bonds is 4. The second-order valence-electron chi connectivity index (χ2n) is 3.65. The van der Waals surface area contributed by atoms with Gasteiger partial charge in [0.2, 0.25) is 0 Å². The van der Waals surface area contributed by atoms with E-state index in [1.54, 1.807) is 0 Å². The Hall–Kier alpha value is -0.980.